The summed E-state index contributed by atoms with van der Waals surface area (Å²) in [6.45, 7) is 4.23. The van der Waals surface area contributed by atoms with E-state index in [0.29, 0.717) is 0 Å². The minimum Gasteiger partial charge on any atom is -0.0843 e. The van der Waals surface area contributed by atoms with E-state index in [1.807, 2.05) is 12.1 Å². The first-order valence-electron chi connectivity index (χ1n) is 5.46. The largest absolute Gasteiger partial charge is 0.0843 e. The van der Waals surface area contributed by atoms with Gasteiger partial charge in [0.2, 0.25) is 0 Å². The summed E-state index contributed by atoms with van der Waals surface area (Å²) in [6, 6.07) is 14.7. The van der Waals surface area contributed by atoms with Gasteiger partial charge in [0, 0.05) is 5.02 Å². The highest BCUT2D eigenvalue weighted by molar-refractivity contribution is 6.30. The molecule has 0 fully saturated rings. The molecule has 16 heavy (non-hydrogen) atoms. The van der Waals surface area contributed by atoms with Crippen LogP contribution in [0.5, 0.6) is 0 Å². The van der Waals surface area contributed by atoms with Crippen LogP contribution in [0.1, 0.15) is 22.3 Å². The molecule has 0 saturated heterocycles. The zero-order valence-electron chi connectivity index (χ0n) is 9.63. The molecule has 0 spiro atoms. The first kappa shape index (κ1) is 11.2. The highest BCUT2D eigenvalue weighted by atomic mass is 35.5. The molecule has 0 saturated carbocycles. The van der Waals surface area contributed by atoms with Crippen molar-refractivity contribution in [2.45, 2.75) is 20.3 Å². The topological polar surface area (TPSA) is 0 Å². The van der Waals surface area contributed by atoms with Crippen molar-refractivity contribution in [1.29, 1.82) is 0 Å². The Morgan fingerprint density at radius 1 is 1.00 bits per heavy atom. The lowest BCUT2D eigenvalue weighted by atomic mass is 10.00. The number of hydrogen-bond acceptors (Lipinski definition) is 0. The van der Waals surface area contributed by atoms with Gasteiger partial charge in [-0.25, -0.2) is 0 Å². The third-order valence-corrected chi connectivity index (χ3v) is 3.02. The van der Waals surface area contributed by atoms with Crippen LogP contribution in [0.4, 0.5) is 0 Å². The molecule has 0 aliphatic carbocycles. The summed E-state index contributed by atoms with van der Waals surface area (Å²) in [5, 5.41) is 0.811. The Balaban J connectivity index is 2.27. The Hall–Kier alpha value is -1.27. The molecule has 2 aromatic rings. The SMILES string of the molecule is Cc1cccc(Cc2ccc(Cl)cc2C)c1. The lowest BCUT2D eigenvalue weighted by molar-refractivity contribution is 1.15. The van der Waals surface area contributed by atoms with E-state index in [-0.39, 0.29) is 0 Å². The third-order valence-electron chi connectivity index (χ3n) is 2.78. The summed E-state index contributed by atoms with van der Waals surface area (Å²) in [5.74, 6) is 0. The van der Waals surface area contributed by atoms with E-state index in [9.17, 15) is 0 Å². The maximum atomic E-state index is 5.95. The molecule has 82 valence electrons. The number of aryl methyl sites for hydroxylation is 2. The molecule has 0 amide bonds. The van der Waals surface area contributed by atoms with Crippen LogP contribution in [0, 0.1) is 13.8 Å². The smallest absolute Gasteiger partial charge is 0.0408 e. The van der Waals surface area contributed by atoms with Crippen LogP contribution in [0.15, 0.2) is 42.5 Å². The van der Waals surface area contributed by atoms with Gasteiger partial charge < -0.3 is 0 Å². The predicted molar refractivity (Wildman–Crippen MR) is 70.2 cm³/mol. The lowest BCUT2D eigenvalue weighted by Gasteiger charge is -2.07. The van der Waals surface area contributed by atoms with E-state index < -0.39 is 0 Å². The second-order valence-corrected chi connectivity index (χ2v) is 4.67. The zero-order valence-corrected chi connectivity index (χ0v) is 10.4. The third kappa shape index (κ3) is 2.65. The summed E-state index contributed by atoms with van der Waals surface area (Å²) in [4.78, 5) is 0. The second kappa shape index (κ2) is 4.71. The summed E-state index contributed by atoms with van der Waals surface area (Å²) in [7, 11) is 0. The molecular weight excluding hydrogens is 216 g/mol. The monoisotopic (exact) mass is 230 g/mol. The Kier molecular flexibility index (Phi) is 3.31. The van der Waals surface area contributed by atoms with Crippen LogP contribution >= 0.6 is 11.6 Å². The van der Waals surface area contributed by atoms with Crippen molar-refractivity contribution in [1.82, 2.24) is 0 Å². The first-order valence-corrected chi connectivity index (χ1v) is 5.83. The summed E-state index contributed by atoms with van der Waals surface area (Å²) in [5.41, 5.74) is 5.26. The summed E-state index contributed by atoms with van der Waals surface area (Å²) >= 11 is 5.95. The average Bonchev–Trinajstić information content (AvgIpc) is 2.22. The summed E-state index contributed by atoms with van der Waals surface area (Å²) in [6.07, 6.45) is 0.977. The molecule has 0 aliphatic rings. The van der Waals surface area contributed by atoms with Gasteiger partial charge in [0.1, 0.15) is 0 Å². The van der Waals surface area contributed by atoms with Gasteiger partial charge in [-0.15, -0.1) is 0 Å². The predicted octanol–water partition coefficient (Wildman–Crippen LogP) is 4.55. The van der Waals surface area contributed by atoms with E-state index in [0.717, 1.165) is 11.4 Å². The fourth-order valence-corrected chi connectivity index (χ4v) is 2.13. The first-order chi connectivity index (χ1) is 7.65. The van der Waals surface area contributed by atoms with Crippen molar-refractivity contribution in [2.75, 3.05) is 0 Å². The van der Waals surface area contributed by atoms with Crippen molar-refractivity contribution in [3.05, 3.63) is 69.7 Å². The standard InChI is InChI=1S/C15H15Cl/c1-11-4-3-5-13(8-11)10-14-6-7-15(16)9-12(14)2/h3-9H,10H2,1-2H3. The van der Waals surface area contributed by atoms with E-state index in [2.05, 4.69) is 44.2 Å². The maximum absolute atomic E-state index is 5.95. The zero-order chi connectivity index (χ0) is 11.5. The molecule has 2 rings (SSSR count). The van der Waals surface area contributed by atoms with Gasteiger partial charge in [-0.1, -0.05) is 47.5 Å². The van der Waals surface area contributed by atoms with Gasteiger partial charge in [-0.3, -0.25) is 0 Å². The molecule has 1 heteroatoms. The Bertz CT molecular complexity index is 501. The minimum atomic E-state index is 0.811. The normalized spacial score (nSPS) is 10.4. The van der Waals surface area contributed by atoms with Gasteiger partial charge >= 0.3 is 0 Å². The van der Waals surface area contributed by atoms with E-state index >= 15 is 0 Å². The fourth-order valence-electron chi connectivity index (χ4n) is 1.90. The molecule has 2 aromatic carbocycles. The van der Waals surface area contributed by atoms with E-state index in [1.54, 1.807) is 0 Å². The van der Waals surface area contributed by atoms with Gasteiger partial charge in [0.15, 0.2) is 0 Å². The molecule has 0 N–H and O–H groups in total. The summed E-state index contributed by atoms with van der Waals surface area (Å²) < 4.78 is 0. The number of hydrogen-bond donors (Lipinski definition) is 0. The molecule has 0 aromatic heterocycles. The van der Waals surface area contributed by atoms with Gasteiger partial charge in [-0.05, 0) is 49.1 Å². The molecule has 0 radical (unpaired) electrons. The van der Waals surface area contributed by atoms with Crippen LogP contribution < -0.4 is 0 Å². The number of halogens is 1. The molecule has 0 atom stereocenters. The molecule has 0 bridgehead atoms. The van der Waals surface area contributed by atoms with Crippen LogP contribution in [0.25, 0.3) is 0 Å². The Morgan fingerprint density at radius 3 is 2.50 bits per heavy atom. The number of benzene rings is 2. The van der Waals surface area contributed by atoms with E-state index in [4.69, 9.17) is 11.6 Å². The quantitative estimate of drug-likeness (QED) is 0.710. The Morgan fingerprint density at radius 2 is 1.81 bits per heavy atom. The lowest BCUT2D eigenvalue weighted by Crippen LogP contribution is -1.92. The van der Waals surface area contributed by atoms with Crippen LogP contribution in [0.2, 0.25) is 5.02 Å². The van der Waals surface area contributed by atoms with Gasteiger partial charge in [0.25, 0.3) is 0 Å². The fraction of sp³-hybridized carbons (Fsp3) is 0.200. The molecular formula is C15H15Cl. The van der Waals surface area contributed by atoms with Crippen LogP contribution in [0.3, 0.4) is 0 Å². The molecule has 0 unspecified atom stereocenters. The van der Waals surface area contributed by atoms with Crippen molar-refractivity contribution >= 4 is 11.6 Å². The minimum absolute atomic E-state index is 0.811. The van der Waals surface area contributed by atoms with Gasteiger partial charge in [0.05, 0.1) is 0 Å². The van der Waals surface area contributed by atoms with Crippen molar-refractivity contribution in [3.8, 4) is 0 Å². The Labute approximate surface area is 102 Å². The molecule has 0 aliphatic heterocycles. The van der Waals surface area contributed by atoms with Crippen molar-refractivity contribution in [2.24, 2.45) is 0 Å². The van der Waals surface area contributed by atoms with Gasteiger partial charge in [-0.2, -0.15) is 0 Å². The highest BCUT2D eigenvalue weighted by Gasteiger charge is 2.01. The van der Waals surface area contributed by atoms with Crippen molar-refractivity contribution < 1.29 is 0 Å². The highest BCUT2D eigenvalue weighted by Crippen LogP contribution is 2.18. The van der Waals surface area contributed by atoms with Crippen LogP contribution in [-0.2, 0) is 6.42 Å². The average molecular weight is 231 g/mol. The maximum Gasteiger partial charge on any atom is 0.0408 e. The van der Waals surface area contributed by atoms with Crippen LogP contribution in [-0.4, -0.2) is 0 Å². The number of rotatable bonds is 2. The molecule has 0 heterocycles. The van der Waals surface area contributed by atoms with Crippen molar-refractivity contribution in [3.63, 3.8) is 0 Å². The molecule has 0 nitrogen and oxygen atoms in total. The van der Waals surface area contributed by atoms with E-state index in [1.165, 1.54) is 22.3 Å². The second-order valence-electron chi connectivity index (χ2n) is 4.24.